The van der Waals surface area contributed by atoms with Crippen LogP contribution in [0, 0.1) is 0 Å². The van der Waals surface area contributed by atoms with Crippen LogP contribution in [-0.2, 0) is 6.42 Å². The van der Waals surface area contributed by atoms with Crippen LogP contribution in [0.25, 0.3) is 78.7 Å². The fourth-order valence-corrected chi connectivity index (χ4v) is 6.97. The number of nitrogens with zero attached hydrogens (tertiary/aromatic N) is 3. The van der Waals surface area contributed by atoms with E-state index in [0.717, 1.165) is 28.7 Å². The lowest BCUT2D eigenvalue weighted by molar-refractivity contribution is 1.07. The Hall–Kier alpha value is -6.45. The molecule has 0 saturated carbocycles. The Morgan fingerprint density at radius 2 is 0.673 bits per heavy atom. The van der Waals surface area contributed by atoms with Crippen LogP contribution in [0.3, 0.4) is 0 Å². The fourth-order valence-electron chi connectivity index (χ4n) is 6.97. The van der Waals surface area contributed by atoms with Gasteiger partial charge in [0.2, 0.25) is 0 Å². The number of benzene rings is 7. The molecule has 3 heteroatoms. The van der Waals surface area contributed by atoms with Crippen molar-refractivity contribution in [3.63, 3.8) is 0 Å². The summed E-state index contributed by atoms with van der Waals surface area (Å²) in [6.07, 6.45) is 0.920. The van der Waals surface area contributed by atoms with Crippen LogP contribution in [0.15, 0.2) is 176 Å². The van der Waals surface area contributed by atoms with Crippen LogP contribution in [0.2, 0.25) is 0 Å². The molecule has 230 valence electrons. The topological polar surface area (TPSA) is 38.7 Å². The molecule has 0 saturated heterocycles. The number of hydrogen-bond acceptors (Lipinski definition) is 3. The van der Waals surface area contributed by atoms with Crippen molar-refractivity contribution in [1.82, 2.24) is 15.0 Å². The largest absolute Gasteiger partial charge is 0.208 e. The van der Waals surface area contributed by atoms with E-state index in [2.05, 4.69) is 140 Å². The Morgan fingerprint density at radius 3 is 1.27 bits per heavy atom. The highest BCUT2D eigenvalue weighted by atomic mass is 15.0. The summed E-state index contributed by atoms with van der Waals surface area (Å²) < 4.78 is 0. The van der Waals surface area contributed by atoms with Crippen LogP contribution >= 0.6 is 0 Å². The summed E-state index contributed by atoms with van der Waals surface area (Å²) in [7, 11) is 0. The quantitative estimate of drug-likeness (QED) is 0.185. The summed E-state index contributed by atoms with van der Waals surface area (Å²) in [5, 5.41) is 0. The van der Waals surface area contributed by atoms with Gasteiger partial charge in [-0.05, 0) is 62.1 Å². The molecule has 7 aromatic carbocycles. The molecule has 0 N–H and O–H groups in total. The van der Waals surface area contributed by atoms with Gasteiger partial charge in [0.05, 0.1) is 0 Å². The molecule has 49 heavy (non-hydrogen) atoms. The van der Waals surface area contributed by atoms with E-state index in [1.807, 2.05) is 36.4 Å². The number of fused-ring (bicyclic) bond motifs is 3. The molecule has 0 aliphatic heterocycles. The third kappa shape index (κ3) is 5.42. The van der Waals surface area contributed by atoms with Crippen molar-refractivity contribution < 1.29 is 0 Å². The van der Waals surface area contributed by atoms with Crippen LogP contribution < -0.4 is 0 Å². The lowest BCUT2D eigenvalue weighted by Gasteiger charge is -2.15. The Labute approximate surface area is 286 Å². The first kappa shape index (κ1) is 28.7. The van der Waals surface area contributed by atoms with Gasteiger partial charge in [-0.2, -0.15) is 0 Å². The van der Waals surface area contributed by atoms with Gasteiger partial charge in [-0.1, -0.05) is 176 Å². The molecule has 0 unspecified atom stereocenters. The zero-order valence-corrected chi connectivity index (χ0v) is 26.8. The maximum absolute atomic E-state index is 5.01. The first-order chi connectivity index (χ1) is 24.3. The average molecular weight is 626 g/mol. The zero-order chi connectivity index (χ0) is 32.6. The Bertz CT molecular complexity index is 2420. The van der Waals surface area contributed by atoms with Gasteiger partial charge in [-0.3, -0.25) is 0 Å². The fraction of sp³-hybridized carbons (Fsp3) is 0.0217. The third-order valence-electron chi connectivity index (χ3n) is 9.42. The predicted molar refractivity (Wildman–Crippen MR) is 201 cm³/mol. The van der Waals surface area contributed by atoms with Gasteiger partial charge in [-0.25, -0.2) is 15.0 Å². The molecule has 1 heterocycles. The normalized spacial score (nSPS) is 11.6. The summed E-state index contributed by atoms with van der Waals surface area (Å²) >= 11 is 0. The second-order valence-corrected chi connectivity index (χ2v) is 12.4. The van der Waals surface area contributed by atoms with Gasteiger partial charge in [0, 0.05) is 16.7 Å². The van der Waals surface area contributed by atoms with Crippen molar-refractivity contribution in [2.24, 2.45) is 0 Å². The molecule has 9 rings (SSSR count). The van der Waals surface area contributed by atoms with Crippen LogP contribution in [0.5, 0.6) is 0 Å². The molecule has 0 fully saturated rings. The van der Waals surface area contributed by atoms with Crippen molar-refractivity contribution >= 4 is 0 Å². The van der Waals surface area contributed by atoms with Gasteiger partial charge < -0.3 is 0 Å². The Kier molecular flexibility index (Phi) is 7.21. The highest BCUT2D eigenvalue weighted by Crippen LogP contribution is 2.47. The van der Waals surface area contributed by atoms with Gasteiger partial charge in [0.1, 0.15) is 0 Å². The van der Waals surface area contributed by atoms with E-state index in [-0.39, 0.29) is 0 Å². The molecular formula is C46H31N3. The number of rotatable bonds is 6. The smallest absolute Gasteiger partial charge is 0.164 e. The predicted octanol–water partition coefficient (Wildman–Crippen LogP) is 11.4. The first-order valence-corrected chi connectivity index (χ1v) is 16.7. The minimum Gasteiger partial charge on any atom is -0.208 e. The molecule has 0 radical (unpaired) electrons. The van der Waals surface area contributed by atoms with Gasteiger partial charge >= 0.3 is 0 Å². The van der Waals surface area contributed by atoms with Gasteiger partial charge in [0.15, 0.2) is 17.5 Å². The second kappa shape index (κ2) is 12.3. The number of aromatic nitrogens is 3. The molecule has 0 atom stereocenters. The van der Waals surface area contributed by atoms with E-state index in [1.54, 1.807) is 0 Å². The van der Waals surface area contributed by atoms with E-state index in [0.29, 0.717) is 17.5 Å². The molecular weight excluding hydrogens is 595 g/mol. The average Bonchev–Trinajstić information content (AvgIpc) is 3.58. The maximum Gasteiger partial charge on any atom is 0.164 e. The minimum atomic E-state index is 0.652. The van der Waals surface area contributed by atoms with E-state index in [9.17, 15) is 0 Å². The van der Waals surface area contributed by atoms with Gasteiger partial charge in [-0.15, -0.1) is 0 Å². The highest BCUT2D eigenvalue weighted by Gasteiger charge is 2.25. The van der Waals surface area contributed by atoms with E-state index < -0.39 is 0 Å². The second-order valence-electron chi connectivity index (χ2n) is 12.4. The first-order valence-electron chi connectivity index (χ1n) is 16.7. The van der Waals surface area contributed by atoms with Crippen molar-refractivity contribution in [1.29, 1.82) is 0 Å². The monoisotopic (exact) mass is 625 g/mol. The summed E-state index contributed by atoms with van der Waals surface area (Å²) in [6, 6.07) is 61.8. The van der Waals surface area contributed by atoms with E-state index in [1.165, 1.54) is 50.1 Å². The molecule has 0 amide bonds. The Morgan fingerprint density at radius 1 is 0.286 bits per heavy atom. The van der Waals surface area contributed by atoms with Crippen LogP contribution in [0.4, 0.5) is 0 Å². The molecule has 3 nitrogen and oxygen atoms in total. The summed E-state index contributed by atoms with van der Waals surface area (Å²) in [5.41, 5.74) is 15.6. The van der Waals surface area contributed by atoms with Gasteiger partial charge in [0.25, 0.3) is 0 Å². The van der Waals surface area contributed by atoms with Crippen molar-refractivity contribution in [3.8, 4) is 78.7 Å². The van der Waals surface area contributed by atoms with Crippen LogP contribution in [0.1, 0.15) is 11.1 Å². The molecule has 1 aliphatic rings. The third-order valence-corrected chi connectivity index (χ3v) is 9.42. The molecule has 1 aromatic heterocycles. The highest BCUT2D eigenvalue weighted by molar-refractivity contribution is 5.95. The minimum absolute atomic E-state index is 0.652. The summed E-state index contributed by atoms with van der Waals surface area (Å²) in [6.45, 7) is 0. The van der Waals surface area contributed by atoms with E-state index in [4.69, 9.17) is 15.0 Å². The van der Waals surface area contributed by atoms with Crippen molar-refractivity contribution in [2.75, 3.05) is 0 Å². The molecule has 0 bridgehead atoms. The SMILES string of the molecule is c1ccc(-c2ccc(-c3nc(-c4ccccc4)nc(-c4ccc(-c5ccc(-c6ccccc6)c6c5Cc5ccccc5-6)cc4)n3)cc2)cc1. The Balaban J connectivity index is 1.11. The summed E-state index contributed by atoms with van der Waals surface area (Å²) in [5.74, 6) is 1.96. The molecule has 0 spiro atoms. The molecule has 1 aliphatic carbocycles. The zero-order valence-electron chi connectivity index (χ0n) is 26.8. The standard InChI is InChI=1S/C46H31N3/c1-4-12-31(13-5-1)32-20-24-36(25-21-32)45-47-44(35-16-8-3-9-17-35)48-46(49-45)37-26-22-34(23-27-37)39-28-29-41(33-14-6-2-7-15-33)43-40-19-11-10-18-38(40)30-42(39)43/h1-29H,30H2. The van der Waals surface area contributed by atoms with E-state index >= 15 is 0 Å². The summed E-state index contributed by atoms with van der Waals surface area (Å²) in [4.78, 5) is 14.9. The number of hydrogen-bond donors (Lipinski definition) is 0. The lowest BCUT2D eigenvalue weighted by Crippen LogP contribution is -2.00. The van der Waals surface area contributed by atoms with Crippen molar-refractivity contribution in [2.45, 2.75) is 6.42 Å². The van der Waals surface area contributed by atoms with Crippen molar-refractivity contribution in [3.05, 3.63) is 187 Å². The lowest BCUT2D eigenvalue weighted by atomic mass is 9.89. The molecule has 8 aromatic rings. The van der Waals surface area contributed by atoms with Crippen LogP contribution in [-0.4, -0.2) is 15.0 Å². The maximum atomic E-state index is 5.01.